The Kier molecular flexibility index (Phi) is 6.28. The van der Waals surface area contributed by atoms with Crippen LogP contribution in [0.1, 0.15) is 12.0 Å². The summed E-state index contributed by atoms with van der Waals surface area (Å²) in [5.74, 6) is 0.640. The van der Waals surface area contributed by atoms with Gasteiger partial charge in [0.25, 0.3) is 0 Å². The maximum absolute atomic E-state index is 12.7. The van der Waals surface area contributed by atoms with Gasteiger partial charge in [-0.15, -0.1) is 11.8 Å². The largest absolute Gasteiger partial charge is 0.355 e. The van der Waals surface area contributed by atoms with E-state index < -0.39 is 0 Å². The average Bonchev–Trinajstić information content (AvgIpc) is 2.52. The van der Waals surface area contributed by atoms with Crippen LogP contribution in [-0.2, 0) is 11.2 Å². The molecule has 0 saturated carbocycles. The molecule has 2 nitrogen and oxygen atoms in total. The van der Waals surface area contributed by atoms with Crippen LogP contribution in [0.2, 0.25) is 0 Å². The van der Waals surface area contributed by atoms with Gasteiger partial charge in [-0.1, -0.05) is 30.3 Å². The van der Waals surface area contributed by atoms with Gasteiger partial charge in [0.15, 0.2) is 0 Å². The van der Waals surface area contributed by atoms with Crippen molar-refractivity contribution in [3.05, 3.63) is 66.0 Å². The van der Waals surface area contributed by atoms with E-state index in [1.807, 2.05) is 18.2 Å². The van der Waals surface area contributed by atoms with Gasteiger partial charge in [-0.05, 0) is 36.2 Å². The number of rotatable bonds is 7. The molecule has 0 aliphatic heterocycles. The normalized spacial score (nSPS) is 10.3. The van der Waals surface area contributed by atoms with Crippen molar-refractivity contribution in [1.29, 1.82) is 0 Å². The first-order valence-corrected chi connectivity index (χ1v) is 7.91. The quantitative estimate of drug-likeness (QED) is 0.624. The molecule has 0 aliphatic rings. The van der Waals surface area contributed by atoms with Crippen LogP contribution >= 0.6 is 11.8 Å². The molecule has 0 radical (unpaired) electrons. The highest BCUT2D eigenvalue weighted by Gasteiger charge is 2.02. The van der Waals surface area contributed by atoms with Crippen LogP contribution in [0.3, 0.4) is 0 Å². The van der Waals surface area contributed by atoms with E-state index in [0.29, 0.717) is 19.4 Å². The minimum Gasteiger partial charge on any atom is -0.355 e. The summed E-state index contributed by atoms with van der Waals surface area (Å²) in [6.07, 6.45) is 1.07. The SMILES string of the molecule is O=C(CCc1ccc(F)cc1)NCCSc1ccccc1. The molecule has 21 heavy (non-hydrogen) atoms. The summed E-state index contributed by atoms with van der Waals surface area (Å²) in [7, 11) is 0. The number of hydrogen-bond donors (Lipinski definition) is 1. The highest BCUT2D eigenvalue weighted by Crippen LogP contribution is 2.15. The number of amides is 1. The van der Waals surface area contributed by atoms with E-state index in [4.69, 9.17) is 0 Å². The lowest BCUT2D eigenvalue weighted by Crippen LogP contribution is -2.25. The number of benzene rings is 2. The molecule has 2 aromatic carbocycles. The number of carbonyl (C=O) groups is 1. The predicted octanol–water partition coefficient (Wildman–Crippen LogP) is 3.67. The predicted molar refractivity (Wildman–Crippen MR) is 84.9 cm³/mol. The summed E-state index contributed by atoms with van der Waals surface area (Å²) in [5.41, 5.74) is 0.977. The monoisotopic (exact) mass is 303 g/mol. The van der Waals surface area contributed by atoms with E-state index in [0.717, 1.165) is 11.3 Å². The van der Waals surface area contributed by atoms with Crippen molar-refractivity contribution < 1.29 is 9.18 Å². The van der Waals surface area contributed by atoms with Gasteiger partial charge in [-0.3, -0.25) is 4.79 Å². The van der Waals surface area contributed by atoms with E-state index in [9.17, 15) is 9.18 Å². The van der Waals surface area contributed by atoms with E-state index in [-0.39, 0.29) is 11.7 Å². The number of hydrogen-bond acceptors (Lipinski definition) is 2. The Balaban J connectivity index is 1.60. The van der Waals surface area contributed by atoms with Crippen molar-refractivity contribution in [3.8, 4) is 0 Å². The molecule has 1 N–H and O–H groups in total. The lowest BCUT2D eigenvalue weighted by atomic mass is 10.1. The fourth-order valence-electron chi connectivity index (χ4n) is 1.87. The van der Waals surface area contributed by atoms with Crippen LogP contribution in [0.4, 0.5) is 4.39 Å². The fraction of sp³-hybridized carbons (Fsp3) is 0.235. The Morgan fingerprint density at radius 2 is 1.76 bits per heavy atom. The topological polar surface area (TPSA) is 29.1 Å². The second kappa shape index (κ2) is 8.47. The number of halogens is 1. The third-order valence-corrected chi connectivity index (χ3v) is 4.00. The molecule has 0 aliphatic carbocycles. The highest BCUT2D eigenvalue weighted by atomic mass is 32.2. The molecule has 1 amide bonds. The molecular weight excluding hydrogens is 285 g/mol. The van der Waals surface area contributed by atoms with Gasteiger partial charge >= 0.3 is 0 Å². The first kappa shape index (κ1) is 15.6. The van der Waals surface area contributed by atoms with Gasteiger partial charge in [-0.2, -0.15) is 0 Å². The summed E-state index contributed by atoms with van der Waals surface area (Å²) in [5, 5.41) is 2.90. The van der Waals surface area contributed by atoms with Crippen LogP contribution in [0, 0.1) is 5.82 Å². The van der Waals surface area contributed by atoms with Crippen LogP contribution in [0.25, 0.3) is 0 Å². The van der Waals surface area contributed by atoms with Crippen molar-refractivity contribution in [2.24, 2.45) is 0 Å². The minimum absolute atomic E-state index is 0.0352. The first-order chi connectivity index (χ1) is 10.2. The molecule has 2 aromatic rings. The molecule has 0 bridgehead atoms. The van der Waals surface area contributed by atoms with Crippen LogP contribution in [0.15, 0.2) is 59.5 Å². The average molecular weight is 303 g/mol. The lowest BCUT2D eigenvalue weighted by Gasteiger charge is -2.05. The van der Waals surface area contributed by atoms with Crippen molar-refractivity contribution in [1.82, 2.24) is 5.32 Å². The Morgan fingerprint density at radius 3 is 2.48 bits per heavy atom. The van der Waals surface area contributed by atoms with Gasteiger partial charge in [-0.25, -0.2) is 4.39 Å². The molecule has 4 heteroatoms. The minimum atomic E-state index is -0.249. The fourth-order valence-corrected chi connectivity index (χ4v) is 2.66. The third-order valence-electron chi connectivity index (χ3n) is 2.99. The van der Waals surface area contributed by atoms with Crippen molar-refractivity contribution in [2.75, 3.05) is 12.3 Å². The maximum Gasteiger partial charge on any atom is 0.220 e. The summed E-state index contributed by atoms with van der Waals surface area (Å²) in [6.45, 7) is 0.655. The molecule has 0 unspecified atom stereocenters. The van der Waals surface area contributed by atoms with Crippen LogP contribution < -0.4 is 5.32 Å². The number of thioether (sulfide) groups is 1. The summed E-state index contributed by atoms with van der Waals surface area (Å²) in [6, 6.07) is 16.4. The zero-order valence-electron chi connectivity index (χ0n) is 11.7. The Hall–Kier alpha value is -1.81. The second-order valence-electron chi connectivity index (χ2n) is 4.64. The van der Waals surface area contributed by atoms with Gasteiger partial charge in [0.05, 0.1) is 0 Å². The Morgan fingerprint density at radius 1 is 1.05 bits per heavy atom. The van der Waals surface area contributed by atoms with E-state index >= 15 is 0 Å². The zero-order valence-corrected chi connectivity index (χ0v) is 12.5. The number of aryl methyl sites for hydroxylation is 1. The number of carbonyl (C=O) groups excluding carboxylic acids is 1. The standard InChI is InChI=1S/C17H18FNOS/c18-15-9-6-14(7-10-15)8-11-17(20)19-12-13-21-16-4-2-1-3-5-16/h1-7,9-10H,8,11-13H2,(H,19,20). The second-order valence-corrected chi connectivity index (χ2v) is 5.81. The molecule has 0 fully saturated rings. The molecule has 110 valence electrons. The number of nitrogens with one attached hydrogen (secondary N) is 1. The van der Waals surface area contributed by atoms with Crippen molar-refractivity contribution in [3.63, 3.8) is 0 Å². The molecular formula is C17H18FNOS. The van der Waals surface area contributed by atoms with Gasteiger partial charge in [0.1, 0.15) is 5.82 Å². The third kappa shape index (κ3) is 6.00. The van der Waals surface area contributed by atoms with E-state index in [1.54, 1.807) is 23.9 Å². The summed E-state index contributed by atoms with van der Waals surface area (Å²) in [4.78, 5) is 12.9. The van der Waals surface area contributed by atoms with Gasteiger partial charge < -0.3 is 5.32 Å². The maximum atomic E-state index is 12.7. The van der Waals surface area contributed by atoms with Crippen molar-refractivity contribution in [2.45, 2.75) is 17.7 Å². The first-order valence-electron chi connectivity index (χ1n) is 6.93. The van der Waals surface area contributed by atoms with Crippen LogP contribution in [-0.4, -0.2) is 18.2 Å². The Bertz CT molecular complexity index is 557. The molecule has 2 rings (SSSR count). The van der Waals surface area contributed by atoms with Crippen molar-refractivity contribution >= 4 is 17.7 Å². The molecule has 0 aromatic heterocycles. The lowest BCUT2D eigenvalue weighted by molar-refractivity contribution is -0.120. The molecule has 0 atom stereocenters. The molecule has 0 heterocycles. The summed E-state index contributed by atoms with van der Waals surface area (Å²) >= 11 is 1.72. The molecule has 0 saturated heterocycles. The van der Waals surface area contributed by atoms with E-state index in [1.165, 1.54) is 17.0 Å². The highest BCUT2D eigenvalue weighted by molar-refractivity contribution is 7.99. The summed E-state index contributed by atoms with van der Waals surface area (Å²) < 4.78 is 12.7. The van der Waals surface area contributed by atoms with Crippen LogP contribution in [0.5, 0.6) is 0 Å². The smallest absolute Gasteiger partial charge is 0.220 e. The van der Waals surface area contributed by atoms with Gasteiger partial charge in [0, 0.05) is 23.6 Å². The van der Waals surface area contributed by atoms with E-state index in [2.05, 4.69) is 17.4 Å². The molecule has 0 spiro atoms. The Labute approximate surface area is 128 Å². The zero-order chi connectivity index (χ0) is 14.9. The van der Waals surface area contributed by atoms with Gasteiger partial charge in [0.2, 0.25) is 5.91 Å².